The van der Waals surface area contributed by atoms with Crippen LogP contribution < -0.4 is 16.0 Å². The van der Waals surface area contributed by atoms with Gasteiger partial charge in [0.2, 0.25) is 0 Å². The van der Waals surface area contributed by atoms with Crippen LogP contribution in [-0.2, 0) is 11.8 Å². The van der Waals surface area contributed by atoms with Crippen LogP contribution in [0.5, 0.6) is 0 Å². The number of hydrogen-bond donors (Lipinski definition) is 2. The minimum atomic E-state index is -0.640. The molecule has 1 amide bonds. The fourth-order valence-electron chi connectivity index (χ4n) is 4.42. The third kappa shape index (κ3) is 3.73. The van der Waals surface area contributed by atoms with Gasteiger partial charge in [0, 0.05) is 44.8 Å². The lowest BCUT2D eigenvalue weighted by Crippen LogP contribution is -2.45. The highest BCUT2D eigenvalue weighted by Crippen LogP contribution is 2.34. The Morgan fingerprint density at radius 2 is 2.09 bits per heavy atom. The number of ether oxygens (including phenoxy) is 1. The maximum absolute atomic E-state index is 12.0. The van der Waals surface area contributed by atoms with Gasteiger partial charge in [0.25, 0.3) is 11.9 Å². The zero-order valence-electron chi connectivity index (χ0n) is 18.6. The molecule has 1 unspecified atom stereocenters. The van der Waals surface area contributed by atoms with Crippen molar-refractivity contribution in [3.8, 4) is 0 Å². The monoisotopic (exact) mass is 460 g/mol. The Bertz CT molecular complexity index is 1370. The van der Waals surface area contributed by atoms with Crippen LogP contribution in [0, 0.1) is 0 Å². The molecule has 11 nitrogen and oxygen atoms in total. The van der Waals surface area contributed by atoms with Gasteiger partial charge in [-0.1, -0.05) is 6.07 Å². The summed E-state index contributed by atoms with van der Waals surface area (Å²) < 4.78 is 13.2. The van der Waals surface area contributed by atoms with Gasteiger partial charge >= 0.3 is 0 Å². The van der Waals surface area contributed by atoms with Gasteiger partial charge in [-0.2, -0.15) is 10.1 Å². The number of primary amides is 1. The second kappa shape index (κ2) is 8.10. The summed E-state index contributed by atoms with van der Waals surface area (Å²) in [6, 6.07) is 6.77. The number of aromatic nitrogens is 5. The summed E-state index contributed by atoms with van der Waals surface area (Å²) in [6.07, 6.45) is 6.12. The predicted molar refractivity (Wildman–Crippen MR) is 124 cm³/mol. The van der Waals surface area contributed by atoms with Crippen LogP contribution in [-0.4, -0.2) is 56.9 Å². The van der Waals surface area contributed by atoms with E-state index >= 15 is 0 Å². The number of nitrogens with two attached hydrogens (primary N) is 1. The summed E-state index contributed by atoms with van der Waals surface area (Å²) in [5, 5.41) is 7.15. The molecule has 0 spiro atoms. The molecular formula is C23H24N8O3. The van der Waals surface area contributed by atoms with Crippen molar-refractivity contribution in [2.24, 2.45) is 12.8 Å². The fourth-order valence-corrected chi connectivity index (χ4v) is 4.42. The number of nitrogens with zero attached hydrogens (tertiary/aromatic N) is 6. The summed E-state index contributed by atoms with van der Waals surface area (Å²) in [6.45, 7) is 2.89. The number of oxazole rings is 1. The van der Waals surface area contributed by atoms with E-state index in [0.717, 1.165) is 30.7 Å². The average Bonchev–Trinajstić information content (AvgIpc) is 3.54. The first kappa shape index (κ1) is 20.6. The lowest BCUT2D eigenvalue weighted by atomic mass is 9.97. The van der Waals surface area contributed by atoms with E-state index in [1.165, 1.54) is 5.56 Å². The van der Waals surface area contributed by atoms with Crippen LogP contribution in [0.15, 0.2) is 41.2 Å². The minimum Gasteiger partial charge on any atom is -0.423 e. The van der Waals surface area contributed by atoms with E-state index < -0.39 is 5.91 Å². The molecule has 3 N–H and O–H groups in total. The molecule has 4 aromatic rings. The normalized spacial score (nSPS) is 18.4. The van der Waals surface area contributed by atoms with Crippen molar-refractivity contribution in [1.29, 1.82) is 0 Å². The maximum atomic E-state index is 12.0. The SMILES string of the molecule is Cn1cc(Nc2ncc(C3CN(c4nc5ccc(C6CCOC6)cc5o4)C3)nc2C(N)=O)cn1. The standard InChI is InChI=1S/C23H24N8O3/c1-30-11-16(7-26-30)27-22-20(21(24)32)28-18(8-25-22)15-9-31(10-15)23-29-17-3-2-13(6-19(17)34-23)14-4-5-33-12-14/h2-3,6-8,11,14-15H,4-5,9-10,12H2,1H3,(H2,24,32)(H,25,27). The second-order valence-electron chi connectivity index (χ2n) is 8.77. The van der Waals surface area contributed by atoms with Crippen molar-refractivity contribution >= 4 is 34.5 Å². The molecule has 0 aliphatic carbocycles. The highest BCUT2D eigenvalue weighted by atomic mass is 16.5. The third-order valence-corrected chi connectivity index (χ3v) is 6.36. The number of hydrogen-bond acceptors (Lipinski definition) is 9. The van der Waals surface area contributed by atoms with E-state index in [4.69, 9.17) is 14.9 Å². The van der Waals surface area contributed by atoms with E-state index in [1.807, 2.05) is 6.07 Å². The van der Waals surface area contributed by atoms with Gasteiger partial charge in [-0.05, 0) is 24.1 Å². The predicted octanol–water partition coefficient (Wildman–Crippen LogP) is 2.30. The zero-order valence-corrected chi connectivity index (χ0v) is 18.6. The molecule has 0 saturated carbocycles. The molecule has 2 aliphatic rings. The van der Waals surface area contributed by atoms with E-state index in [1.54, 1.807) is 30.3 Å². The number of aryl methyl sites for hydroxylation is 1. The molecule has 5 heterocycles. The van der Waals surface area contributed by atoms with Crippen LogP contribution in [0.1, 0.15) is 40.0 Å². The molecular weight excluding hydrogens is 436 g/mol. The van der Waals surface area contributed by atoms with Crippen LogP contribution in [0.25, 0.3) is 11.1 Å². The Hall–Kier alpha value is -3.99. The second-order valence-corrected chi connectivity index (χ2v) is 8.77. The van der Waals surface area contributed by atoms with Gasteiger partial charge < -0.3 is 25.1 Å². The Labute approximate surface area is 194 Å². The van der Waals surface area contributed by atoms with Crippen molar-refractivity contribution in [3.63, 3.8) is 0 Å². The van der Waals surface area contributed by atoms with Gasteiger partial charge in [0.1, 0.15) is 5.52 Å². The molecule has 0 radical (unpaired) electrons. The molecule has 2 fully saturated rings. The van der Waals surface area contributed by atoms with Crippen LogP contribution in [0.3, 0.4) is 0 Å². The van der Waals surface area contributed by atoms with Crippen molar-refractivity contribution in [3.05, 3.63) is 53.7 Å². The number of carbonyl (C=O) groups excluding carboxylic acids is 1. The number of rotatable bonds is 6. The van der Waals surface area contributed by atoms with Gasteiger partial charge in [0.05, 0.1) is 30.4 Å². The fraction of sp³-hybridized carbons (Fsp3) is 0.348. The topological polar surface area (TPSA) is 137 Å². The van der Waals surface area contributed by atoms with Crippen LogP contribution in [0.4, 0.5) is 17.5 Å². The summed E-state index contributed by atoms with van der Waals surface area (Å²) in [4.78, 5) is 27.6. The number of benzene rings is 1. The highest BCUT2D eigenvalue weighted by molar-refractivity contribution is 5.96. The Morgan fingerprint density at radius 1 is 1.21 bits per heavy atom. The Kier molecular flexibility index (Phi) is 4.91. The van der Waals surface area contributed by atoms with E-state index in [2.05, 4.69) is 42.4 Å². The lowest BCUT2D eigenvalue weighted by molar-refractivity contribution is 0.0995. The van der Waals surface area contributed by atoms with Crippen molar-refractivity contribution < 1.29 is 13.9 Å². The molecule has 34 heavy (non-hydrogen) atoms. The number of fused-ring (bicyclic) bond motifs is 1. The Morgan fingerprint density at radius 3 is 2.82 bits per heavy atom. The molecule has 2 saturated heterocycles. The third-order valence-electron chi connectivity index (χ3n) is 6.36. The smallest absolute Gasteiger partial charge is 0.298 e. The number of anilines is 3. The summed E-state index contributed by atoms with van der Waals surface area (Å²) in [5.74, 6) is 0.182. The average molecular weight is 460 g/mol. The molecule has 11 heteroatoms. The summed E-state index contributed by atoms with van der Waals surface area (Å²) in [7, 11) is 1.80. The lowest BCUT2D eigenvalue weighted by Gasteiger charge is -2.37. The number of nitrogens with one attached hydrogen (secondary N) is 1. The molecule has 1 atom stereocenters. The number of amides is 1. The molecule has 2 aliphatic heterocycles. The van der Waals surface area contributed by atoms with Crippen LogP contribution >= 0.6 is 0 Å². The number of carbonyl (C=O) groups is 1. The van der Waals surface area contributed by atoms with E-state index in [-0.39, 0.29) is 11.6 Å². The molecule has 1 aromatic carbocycles. The highest BCUT2D eigenvalue weighted by Gasteiger charge is 2.33. The summed E-state index contributed by atoms with van der Waals surface area (Å²) >= 11 is 0. The van der Waals surface area contributed by atoms with Gasteiger partial charge in [-0.15, -0.1) is 0 Å². The van der Waals surface area contributed by atoms with E-state index in [0.29, 0.717) is 42.2 Å². The van der Waals surface area contributed by atoms with Crippen LogP contribution in [0.2, 0.25) is 0 Å². The van der Waals surface area contributed by atoms with Gasteiger partial charge in [-0.3, -0.25) is 9.48 Å². The summed E-state index contributed by atoms with van der Waals surface area (Å²) in [5.41, 5.74) is 9.93. The molecule has 6 rings (SSSR count). The quantitative estimate of drug-likeness (QED) is 0.444. The van der Waals surface area contributed by atoms with Gasteiger partial charge in [-0.25, -0.2) is 9.97 Å². The largest absolute Gasteiger partial charge is 0.423 e. The van der Waals surface area contributed by atoms with E-state index in [9.17, 15) is 4.79 Å². The van der Waals surface area contributed by atoms with Crippen molar-refractivity contribution in [2.45, 2.75) is 18.3 Å². The van der Waals surface area contributed by atoms with Gasteiger partial charge in [0.15, 0.2) is 17.1 Å². The Balaban J connectivity index is 1.17. The maximum Gasteiger partial charge on any atom is 0.298 e. The minimum absolute atomic E-state index is 0.0965. The van der Waals surface area contributed by atoms with Crippen molar-refractivity contribution in [2.75, 3.05) is 36.5 Å². The molecule has 3 aromatic heterocycles. The van der Waals surface area contributed by atoms with Crippen molar-refractivity contribution in [1.82, 2.24) is 24.7 Å². The molecule has 174 valence electrons. The first-order valence-electron chi connectivity index (χ1n) is 11.2. The molecule has 0 bridgehead atoms. The zero-order chi connectivity index (χ0) is 23.2. The first-order chi connectivity index (χ1) is 16.5. The first-order valence-corrected chi connectivity index (χ1v) is 11.2.